The number of methoxy groups -OCH3 is 1. The fourth-order valence-electron chi connectivity index (χ4n) is 2.64. The van der Waals surface area contributed by atoms with Crippen LogP contribution in [-0.4, -0.2) is 34.5 Å². The maximum atomic E-state index is 13.2. The van der Waals surface area contributed by atoms with Crippen molar-refractivity contribution in [1.29, 1.82) is 0 Å². The van der Waals surface area contributed by atoms with Crippen molar-refractivity contribution in [2.24, 2.45) is 0 Å². The van der Waals surface area contributed by atoms with Gasteiger partial charge in [0.05, 0.1) is 17.7 Å². The van der Waals surface area contributed by atoms with Crippen molar-refractivity contribution in [3.8, 4) is 5.75 Å². The zero-order valence-corrected chi connectivity index (χ0v) is 16.5. The lowest BCUT2D eigenvalue weighted by molar-refractivity contribution is -0.119. The Bertz CT molecular complexity index is 838. The van der Waals surface area contributed by atoms with Crippen molar-refractivity contribution in [1.82, 2.24) is 5.32 Å². The summed E-state index contributed by atoms with van der Waals surface area (Å²) >= 11 is 0. The van der Waals surface area contributed by atoms with E-state index in [1.807, 2.05) is 0 Å². The third-order valence-corrected chi connectivity index (χ3v) is 5.85. The van der Waals surface area contributed by atoms with Crippen LogP contribution in [0.25, 0.3) is 0 Å². The van der Waals surface area contributed by atoms with Crippen LogP contribution in [0.1, 0.15) is 26.2 Å². The van der Waals surface area contributed by atoms with Crippen molar-refractivity contribution in [2.75, 3.05) is 24.5 Å². The molecule has 27 heavy (non-hydrogen) atoms. The summed E-state index contributed by atoms with van der Waals surface area (Å²) in [6.07, 6.45) is 2.92. The minimum Gasteiger partial charge on any atom is -0.495 e. The molecule has 0 bridgehead atoms. The molecule has 146 valence electrons. The van der Waals surface area contributed by atoms with Crippen molar-refractivity contribution in [3.63, 3.8) is 0 Å². The van der Waals surface area contributed by atoms with Crippen LogP contribution >= 0.6 is 0 Å². The summed E-state index contributed by atoms with van der Waals surface area (Å²) < 4.78 is 32.8. The molecule has 2 rings (SSSR count). The van der Waals surface area contributed by atoms with Gasteiger partial charge in [-0.2, -0.15) is 0 Å². The van der Waals surface area contributed by atoms with Gasteiger partial charge in [0, 0.05) is 6.54 Å². The van der Waals surface area contributed by atoms with Gasteiger partial charge in [-0.3, -0.25) is 9.10 Å². The lowest BCUT2D eigenvalue weighted by Crippen LogP contribution is -2.41. The van der Waals surface area contributed by atoms with Crippen molar-refractivity contribution < 1.29 is 17.9 Å². The molecule has 0 aromatic heterocycles. The Balaban J connectivity index is 2.33. The van der Waals surface area contributed by atoms with Gasteiger partial charge in [0.25, 0.3) is 10.0 Å². The highest BCUT2D eigenvalue weighted by atomic mass is 32.2. The van der Waals surface area contributed by atoms with Gasteiger partial charge in [0.15, 0.2) is 0 Å². The molecular weight excluding hydrogens is 364 g/mol. The third kappa shape index (κ3) is 5.47. The van der Waals surface area contributed by atoms with Crippen LogP contribution in [0.4, 0.5) is 5.69 Å². The molecular formula is C20H26N2O4S. The Kier molecular flexibility index (Phi) is 7.67. The normalized spacial score (nSPS) is 11.0. The van der Waals surface area contributed by atoms with E-state index in [9.17, 15) is 13.2 Å². The molecule has 0 atom stereocenters. The molecule has 0 unspecified atom stereocenters. The van der Waals surface area contributed by atoms with E-state index in [1.54, 1.807) is 42.5 Å². The fourth-order valence-corrected chi connectivity index (χ4v) is 4.10. The van der Waals surface area contributed by atoms with Crippen LogP contribution in [0.5, 0.6) is 5.75 Å². The van der Waals surface area contributed by atoms with E-state index in [0.29, 0.717) is 18.0 Å². The zero-order valence-electron chi connectivity index (χ0n) is 15.7. The second-order valence-corrected chi connectivity index (χ2v) is 7.92. The summed E-state index contributed by atoms with van der Waals surface area (Å²) in [5.41, 5.74) is 0.326. The van der Waals surface area contributed by atoms with Gasteiger partial charge in [0.2, 0.25) is 5.91 Å². The summed E-state index contributed by atoms with van der Waals surface area (Å²) in [5.74, 6) is 0.0345. The SMILES string of the molecule is CCCCCNC(=O)CN(c1ccccc1OC)S(=O)(=O)c1ccccc1. The summed E-state index contributed by atoms with van der Waals surface area (Å²) in [4.78, 5) is 12.5. The molecule has 6 nitrogen and oxygen atoms in total. The predicted octanol–water partition coefficient (Wildman–Crippen LogP) is 3.20. The molecule has 2 aromatic rings. The lowest BCUT2D eigenvalue weighted by atomic mass is 10.2. The standard InChI is InChI=1S/C20H26N2O4S/c1-3-4-10-15-21-20(23)16-22(18-13-8-9-14-19(18)26-2)27(24,25)17-11-6-5-7-12-17/h5-9,11-14H,3-4,10,15-16H2,1-2H3,(H,21,23). The molecule has 0 aliphatic heterocycles. The molecule has 0 spiro atoms. The highest BCUT2D eigenvalue weighted by molar-refractivity contribution is 7.92. The van der Waals surface area contributed by atoms with Crippen LogP contribution in [0.3, 0.4) is 0 Å². The molecule has 0 saturated carbocycles. The molecule has 1 N–H and O–H groups in total. The lowest BCUT2D eigenvalue weighted by Gasteiger charge is -2.25. The molecule has 0 radical (unpaired) electrons. The summed E-state index contributed by atoms with van der Waals surface area (Å²) in [6.45, 7) is 2.29. The number of unbranched alkanes of at least 4 members (excludes halogenated alkanes) is 2. The summed E-state index contributed by atoms with van der Waals surface area (Å²) in [7, 11) is -2.46. The summed E-state index contributed by atoms with van der Waals surface area (Å²) in [5, 5.41) is 2.79. The molecule has 0 aliphatic rings. The number of amides is 1. The van der Waals surface area contributed by atoms with E-state index in [2.05, 4.69) is 12.2 Å². The number of ether oxygens (including phenoxy) is 1. The van der Waals surface area contributed by atoms with Crippen LogP contribution in [0.2, 0.25) is 0 Å². The smallest absolute Gasteiger partial charge is 0.264 e. The van der Waals surface area contributed by atoms with Gasteiger partial charge in [-0.25, -0.2) is 8.42 Å². The van der Waals surface area contributed by atoms with Crippen LogP contribution in [0.15, 0.2) is 59.5 Å². The average Bonchev–Trinajstić information content (AvgIpc) is 2.70. The predicted molar refractivity (Wildman–Crippen MR) is 107 cm³/mol. The quantitative estimate of drug-likeness (QED) is 0.632. The zero-order chi connectivity index (χ0) is 19.7. The van der Waals surface area contributed by atoms with Gasteiger partial charge in [0.1, 0.15) is 12.3 Å². The number of hydrogen-bond donors (Lipinski definition) is 1. The van der Waals surface area contributed by atoms with E-state index in [4.69, 9.17) is 4.74 Å². The average molecular weight is 391 g/mol. The third-order valence-electron chi connectivity index (χ3n) is 4.07. The van der Waals surface area contributed by atoms with E-state index >= 15 is 0 Å². The Labute approximate surface area is 161 Å². The Hall–Kier alpha value is -2.54. The highest BCUT2D eigenvalue weighted by Gasteiger charge is 2.29. The van der Waals surface area contributed by atoms with E-state index < -0.39 is 10.0 Å². The number of carbonyl (C=O) groups is 1. The minimum atomic E-state index is -3.92. The molecule has 0 saturated heterocycles. The van der Waals surface area contributed by atoms with Gasteiger partial charge >= 0.3 is 0 Å². The first-order valence-electron chi connectivity index (χ1n) is 8.98. The number of para-hydroxylation sites is 2. The van der Waals surface area contributed by atoms with Gasteiger partial charge in [-0.05, 0) is 30.7 Å². The van der Waals surface area contributed by atoms with Gasteiger partial charge < -0.3 is 10.1 Å². The van der Waals surface area contributed by atoms with Crippen LogP contribution in [0, 0.1) is 0 Å². The first kappa shape index (κ1) is 20.8. The molecule has 2 aromatic carbocycles. The Morgan fingerprint density at radius 3 is 2.37 bits per heavy atom. The maximum Gasteiger partial charge on any atom is 0.264 e. The van der Waals surface area contributed by atoms with Crippen LogP contribution < -0.4 is 14.4 Å². The van der Waals surface area contributed by atoms with Crippen molar-refractivity contribution in [2.45, 2.75) is 31.1 Å². The topological polar surface area (TPSA) is 75.7 Å². The van der Waals surface area contributed by atoms with E-state index in [1.165, 1.54) is 19.2 Å². The second kappa shape index (κ2) is 9.97. The number of nitrogens with one attached hydrogen (secondary N) is 1. The Morgan fingerprint density at radius 2 is 1.70 bits per heavy atom. The fraction of sp³-hybridized carbons (Fsp3) is 0.350. The first-order chi connectivity index (χ1) is 13.0. The maximum absolute atomic E-state index is 13.2. The number of sulfonamides is 1. The molecule has 0 fully saturated rings. The number of rotatable bonds is 10. The Morgan fingerprint density at radius 1 is 1.04 bits per heavy atom. The largest absolute Gasteiger partial charge is 0.495 e. The number of hydrogen-bond acceptors (Lipinski definition) is 4. The van der Waals surface area contributed by atoms with Gasteiger partial charge in [-0.15, -0.1) is 0 Å². The molecule has 1 amide bonds. The molecule has 0 heterocycles. The number of carbonyl (C=O) groups excluding carboxylic acids is 1. The van der Waals surface area contributed by atoms with E-state index in [0.717, 1.165) is 23.6 Å². The molecule has 0 aliphatic carbocycles. The number of benzene rings is 2. The van der Waals surface area contributed by atoms with Crippen LogP contribution in [-0.2, 0) is 14.8 Å². The van der Waals surface area contributed by atoms with Crippen molar-refractivity contribution in [3.05, 3.63) is 54.6 Å². The molecule has 7 heteroatoms. The second-order valence-electron chi connectivity index (χ2n) is 6.05. The number of nitrogens with zero attached hydrogens (tertiary/aromatic N) is 1. The van der Waals surface area contributed by atoms with Gasteiger partial charge in [-0.1, -0.05) is 50.1 Å². The van der Waals surface area contributed by atoms with E-state index in [-0.39, 0.29) is 17.3 Å². The summed E-state index contributed by atoms with van der Waals surface area (Å²) in [6, 6.07) is 14.8. The minimum absolute atomic E-state index is 0.120. The van der Waals surface area contributed by atoms with Crippen molar-refractivity contribution >= 4 is 21.6 Å². The monoisotopic (exact) mass is 390 g/mol. The first-order valence-corrected chi connectivity index (χ1v) is 10.4. The number of anilines is 1. The highest BCUT2D eigenvalue weighted by Crippen LogP contribution is 2.31.